The number of nitrogens with zero attached hydrogens (tertiary/aromatic N) is 1. The minimum Gasteiger partial charge on any atom is -0.449 e. The number of benzene rings is 2. The number of ether oxygens (including phenoxy) is 1. The number of carbonyl (C=O) groups is 2. The first-order chi connectivity index (χ1) is 12.2. The molecule has 1 amide bonds. The number of esters is 1. The number of nitrogen functional groups attached to an aromatic ring is 1. The Labute approximate surface area is 154 Å². The van der Waals surface area contributed by atoms with Gasteiger partial charge >= 0.3 is 5.97 Å². The first-order valence-electron chi connectivity index (χ1n) is 7.51. The second-order valence-corrected chi connectivity index (χ2v) is 5.89. The highest BCUT2D eigenvalue weighted by molar-refractivity contribution is 6.31. The largest absolute Gasteiger partial charge is 0.449 e. The third-order valence-electron chi connectivity index (χ3n) is 3.64. The van der Waals surface area contributed by atoms with Crippen LogP contribution in [0.2, 0.25) is 5.02 Å². The fraction of sp³-hybridized carbons (Fsp3) is 0.176. The van der Waals surface area contributed by atoms with E-state index in [2.05, 4.69) is 5.32 Å². The highest BCUT2D eigenvalue weighted by Gasteiger charge is 2.22. The molecule has 0 saturated heterocycles. The summed E-state index contributed by atoms with van der Waals surface area (Å²) in [5.74, 6) is -1.41. The number of nitro benzene ring substituents is 1. The van der Waals surface area contributed by atoms with Crippen molar-refractivity contribution in [2.45, 2.75) is 20.0 Å². The third-order valence-corrected chi connectivity index (χ3v) is 4.05. The fourth-order valence-corrected chi connectivity index (χ4v) is 2.28. The summed E-state index contributed by atoms with van der Waals surface area (Å²) in [6.07, 6.45) is -1.12. The molecule has 0 aromatic heterocycles. The van der Waals surface area contributed by atoms with Crippen LogP contribution in [0, 0.1) is 17.0 Å². The van der Waals surface area contributed by atoms with Gasteiger partial charge in [0.15, 0.2) is 6.10 Å². The number of non-ortho nitro benzene ring substituents is 1. The van der Waals surface area contributed by atoms with Crippen LogP contribution >= 0.6 is 11.6 Å². The predicted octanol–water partition coefficient (Wildman–Crippen LogP) is 3.32. The lowest BCUT2D eigenvalue weighted by molar-refractivity contribution is -0.384. The molecule has 0 heterocycles. The summed E-state index contributed by atoms with van der Waals surface area (Å²) in [5, 5.41) is 13.8. The first-order valence-corrected chi connectivity index (χ1v) is 7.89. The molecular formula is C17H16ClN3O5. The lowest BCUT2D eigenvalue weighted by atomic mass is 10.1. The monoisotopic (exact) mass is 377 g/mol. The summed E-state index contributed by atoms with van der Waals surface area (Å²) >= 11 is 6.00. The van der Waals surface area contributed by atoms with E-state index in [1.54, 1.807) is 25.1 Å². The Morgan fingerprint density at radius 1 is 1.31 bits per heavy atom. The van der Waals surface area contributed by atoms with Crippen LogP contribution in [-0.2, 0) is 9.53 Å². The Kier molecular flexibility index (Phi) is 5.78. The summed E-state index contributed by atoms with van der Waals surface area (Å²) in [5.41, 5.74) is 6.41. The maximum atomic E-state index is 12.2. The van der Waals surface area contributed by atoms with Crippen molar-refractivity contribution in [1.82, 2.24) is 0 Å². The summed E-state index contributed by atoms with van der Waals surface area (Å²) in [4.78, 5) is 34.4. The van der Waals surface area contributed by atoms with Crippen molar-refractivity contribution < 1.29 is 19.2 Å². The molecule has 2 aromatic carbocycles. The van der Waals surface area contributed by atoms with Gasteiger partial charge in [-0.3, -0.25) is 14.9 Å². The van der Waals surface area contributed by atoms with Crippen molar-refractivity contribution in [3.05, 3.63) is 62.7 Å². The average molecular weight is 378 g/mol. The molecule has 26 heavy (non-hydrogen) atoms. The van der Waals surface area contributed by atoms with E-state index >= 15 is 0 Å². The Balaban J connectivity index is 2.08. The summed E-state index contributed by atoms with van der Waals surface area (Å²) in [6, 6.07) is 8.40. The quantitative estimate of drug-likeness (QED) is 0.356. The van der Waals surface area contributed by atoms with Crippen molar-refractivity contribution in [3.63, 3.8) is 0 Å². The zero-order valence-corrected chi connectivity index (χ0v) is 14.7. The number of nitrogens with two attached hydrogens (primary N) is 1. The van der Waals surface area contributed by atoms with Gasteiger partial charge in [-0.05, 0) is 37.6 Å². The van der Waals surface area contributed by atoms with E-state index in [1.807, 2.05) is 0 Å². The van der Waals surface area contributed by atoms with Gasteiger partial charge in [0.25, 0.3) is 11.6 Å². The van der Waals surface area contributed by atoms with Crippen LogP contribution in [0.4, 0.5) is 17.1 Å². The molecule has 0 spiro atoms. The number of hydrogen-bond donors (Lipinski definition) is 2. The third kappa shape index (κ3) is 4.28. The number of halogens is 1. The molecule has 0 fully saturated rings. The van der Waals surface area contributed by atoms with Crippen molar-refractivity contribution >= 4 is 40.5 Å². The van der Waals surface area contributed by atoms with Gasteiger partial charge in [-0.25, -0.2) is 4.79 Å². The minimum atomic E-state index is -1.12. The van der Waals surface area contributed by atoms with Crippen LogP contribution in [0.25, 0.3) is 0 Å². The summed E-state index contributed by atoms with van der Waals surface area (Å²) in [6.45, 7) is 3.14. The molecule has 2 aromatic rings. The first kappa shape index (κ1) is 19.2. The van der Waals surface area contributed by atoms with Crippen molar-refractivity contribution in [3.8, 4) is 0 Å². The molecule has 0 aliphatic carbocycles. The maximum absolute atomic E-state index is 12.2. The molecule has 0 bridgehead atoms. The second kappa shape index (κ2) is 7.83. The lowest BCUT2D eigenvalue weighted by Crippen LogP contribution is -2.30. The van der Waals surface area contributed by atoms with Crippen LogP contribution in [0.1, 0.15) is 22.8 Å². The van der Waals surface area contributed by atoms with E-state index in [9.17, 15) is 19.7 Å². The van der Waals surface area contributed by atoms with Crippen molar-refractivity contribution in [2.75, 3.05) is 11.1 Å². The zero-order chi connectivity index (χ0) is 19.4. The minimum absolute atomic E-state index is 0.0609. The van der Waals surface area contributed by atoms with Gasteiger partial charge in [0, 0.05) is 22.8 Å². The molecule has 3 N–H and O–H groups in total. The Hall–Kier alpha value is -3.13. The molecular weight excluding hydrogens is 362 g/mol. The van der Waals surface area contributed by atoms with Crippen LogP contribution < -0.4 is 11.1 Å². The van der Waals surface area contributed by atoms with Crippen LogP contribution in [0.3, 0.4) is 0 Å². The highest BCUT2D eigenvalue weighted by Crippen LogP contribution is 2.24. The number of carbonyl (C=O) groups excluding carboxylic acids is 2. The number of anilines is 2. The topological polar surface area (TPSA) is 125 Å². The SMILES string of the molecule is Cc1c(Cl)cccc1NC(=O)[C@@H](C)OC(=O)c1ccc([N+](=O)[O-])cc1N. The maximum Gasteiger partial charge on any atom is 0.341 e. The van der Waals surface area contributed by atoms with Gasteiger partial charge in [-0.2, -0.15) is 0 Å². The molecule has 2 rings (SSSR count). The van der Waals surface area contributed by atoms with E-state index in [0.717, 1.165) is 12.1 Å². The van der Waals surface area contributed by atoms with Gasteiger partial charge in [0.1, 0.15) is 0 Å². The van der Waals surface area contributed by atoms with E-state index in [1.165, 1.54) is 13.0 Å². The fourth-order valence-electron chi connectivity index (χ4n) is 2.10. The number of amides is 1. The van der Waals surface area contributed by atoms with Crippen LogP contribution in [0.5, 0.6) is 0 Å². The van der Waals surface area contributed by atoms with Crippen molar-refractivity contribution in [1.29, 1.82) is 0 Å². The van der Waals surface area contributed by atoms with Crippen LogP contribution in [-0.4, -0.2) is 22.9 Å². The molecule has 0 unspecified atom stereocenters. The van der Waals surface area contributed by atoms with E-state index in [-0.39, 0.29) is 16.9 Å². The highest BCUT2D eigenvalue weighted by atomic mass is 35.5. The van der Waals surface area contributed by atoms with Gasteiger partial charge in [-0.1, -0.05) is 17.7 Å². The van der Waals surface area contributed by atoms with Crippen molar-refractivity contribution in [2.24, 2.45) is 0 Å². The number of hydrogen-bond acceptors (Lipinski definition) is 6. The van der Waals surface area contributed by atoms with E-state index < -0.39 is 22.9 Å². The summed E-state index contributed by atoms with van der Waals surface area (Å²) < 4.78 is 5.09. The van der Waals surface area contributed by atoms with E-state index in [4.69, 9.17) is 22.1 Å². The molecule has 0 saturated carbocycles. The Bertz CT molecular complexity index is 885. The van der Waals surface area contributed by atoms with Gasteiger partial charge in [-0.15, -0.1) is 0 Å². The van der Waals surface area contributed by atoms with Gasteiger partial charge in [0.2, 0.25) is 0 Å². The van der Waals surface area contributed by atoms with E-state index in [0.29, 0.717) is 16.3 Å². The Morgan fingerprint density at radius 3 is 2.62 bits per heavy atom. The normalized spacial score (nSPS) is 11.5. The lowest BCUT2D eigenvalue weighted by Gasteiger charge is -2.15. The molecule has 0 aliphatic rings. The molecule has 136 valence electrons. The second-order valence-electron chi connectivity index (χ2n) is 5.48. The average Bonchev–Trinajstić information content (AvgIpc) is 2.58. The summed E-state index contributed by atoms with van der Waals surface area (Å²) in [7, 11) is 0. The van der Waals surface area contributed by atoms with Crippen LogP contribution in [0.15, 0.2) is 36.4 Å². The molecule has 0 radical (unpaired) electrons. The molecule has 9 heteroatoms. The predicted molar refractivity (Wildman–Crippen MR) is 97.2 cm³/mol. The molecule has 0 aliphatic heterocycles. The van der Waals surface area contributed by atoms with Gasteiger partial charge in [0.05, 0.1) is 16.2 Å². The molecule has 1 atom stereocenters. The zero-order valence-electron chi connectivity index (χ0n) is 14.0. The standard InChI is InChI=1S/C17H16ClN3O5/c1-9-13(18)4-3-5-15(9)20-16(22)10(2)26-17(23)12-7-6-11(21(24)25)8-14(12)19/h3-8,10H,19H2,1-2H3,(H,20,22)/t10-/m1/s1. The Morgan fingerprint density at radius 2 is 2.00 bits per heavy atom. The smallest absolute Gasteiger partial charge is 0.341 e. The number of nitrogens with one attached hydrogen (secondary N) is 1. The number of nitro groups is 1. The van der Waals surface area contributed by atoms with Gasteiger partial charge < -0.3 is 15.8 Å². The number of rotatable bonds is 5. The molecule has 8 nitrogen and oxygen atoms in total.